The molecular weight excluding hydrogens is 396 g/mol. The normalized spacial score (nSPS) is 15.7. The fraction of sp³-hybridized carbons (Fsp3) is 0.391. The molecule has 0 aliphatic carbocycles. The summed E-state index contributed by atoms with van der Waals surface area (Å²) < 4.78 is 11.0. The molecule has 3 amide bonds. The Labute approximate surface area is 183 Å². The summed E-state index contributed by atoms with van der Waals surface area (Å²) in [5, 5.41) is 4.86. The molecule has 1 atom stereocenters. The van der Waals surface area contributed by atoms with E-state index in [1.807, 2.05) is 54.6 Å². The third-order valence-electron chi connectivity index (χ3n) is 5.34. The van der Waals surface area contributed by atoms with Crippen LogP contribution in [0, 0.1) is 0 Å². The lowest BCUT2D eigenvalue weighted by molar-refractivity contribution is -0.126. The molecule has 1 aliphatic rings. The second-order valence-electron chi connectivity index (χ2n) is 7.28. The molecule has 8 nitrogen and oxygen atoms in total. The molecule has 0 spiro atoms. The number of benzene rings is 2. The quantitative estimate of drug-likeness (QED) is 0.671. The van der Waals surface area contributed by atoms with Crippen molar-refractivity contribution in [2.24, 2.45) is 0 Å². The van der Waals surface area contributed by atoms with Crippen LogP contribution in [0.15, 0.2) is 54.6 Å². The average molecular weight is 427 g/mol. The van der Waals surface area contributed by atoms with Crippen molar-refractivity contribution in [3.8, 4) is 11.5 Å². The summed E-state index contributed by atoms with van der Waals surface area (Å²) in [5.74, 6) is 1.30. The van der Waals surface area contributed by atoms with Gasteiger partial charge < -0.3 is 14.8 Å². The molecule has 2 N–H and O–H groups in total. The summed E-state index contributed by atoms with van der Waals surface area (Å²) in [5.41, 5.74) is 0.875. The molecule has 1 heterocycles. The van der Waals surface area contributed by atoms with Gasteiger partial charge in [0, 0.05) is 39.8 Å². The largest absolute Gasteiger partial charge is 0.497 e. The molecule has 1 saturated heterocycles. The van der Waals surface area contributed by atoms with Gasteiger partial charge in [-0.3, -0.25) is 19.9 Å². The van der Waals surface area contributed by atoms with E-state index in [-0.39, 0.29) is 5.91 Å². The van der Waals surface area contributed by atoms with E-state index in [0.29, 0.717) is 6.61 Å². The lowest BCUT2D eigenvalue weighted by atomic mass is 10.0. The van der Waals surface area contributed by atoms with Crippen LogP contribution >= 0.6 is 0 Å². The van der Waals surface area contributed by atoms with Crippen LogP contribution in [-0.4, -0.2) is 75.2 Å². The van der Waals surface area contributed by atoms with Crippen LogP contribution in [-0.2, 0) is 4.79 Å². The maximum Gasteiger partial charge on any atom is 0.321 e. The number of nitrogens with zero attached hydrogens (tertiary/aromatic N) is 2. The predicted octanol–water partition coefficient (Wildman–Crippen LogP) is 1.89. The van der Waals surface area contributed by atoms with E-state index in [9.17, 15) is 9.59 Å². The predicted molar refractivity (Wildman–Crippen MR) is 118 cm³/mol. The Balaban J connectivity index is 1.52. The number of ether oxygens (including phenoxy) is 2. The highest BCUT2D eigenvalue weighted by Gasteiger charge is 2.31. The van der Waals surface area contributed by atoms with Crippen LogP contribution in [0.25, 0.3) is 0 Å². The van der Waals surface area contributed by atoms with Gasteiger partial charge in [0.15, 0.2) is 0 Å². The number of urea groups is 1. The van der Waals surface area contributed by atoms with E-state index in [1.54, 1.807) is 7.11 Å². The van der Waals surface area contributed by atoms with Crippen LogP contribution in [0.2, 0.25) is 0 Å². The molecule has 166 valence electrons. The maximum absolute atomic E-state index is 12.8. The van der Waals surface area contributed by atoms with Crippen molar-refractivity contribution < 1.29 is 19.1 Å². The molecule has 0 bridgehead atoms. The minimum Gasteiger partial charge on any atom is -0.497 e. The Bertz CT molecular complexity index is 836. The van der Waals surface area contributed by atoms with Crippen LogP contribution in [0.5, 0.6) is 11.5 Å². The highest BCUT2D eigenvalue weighted by molar-refractivity contribution is 5.97. The first-order chi connectivity index (χ1) is 15.1. The molecule has 0 unspecified atom stereocenters. The molecule has 31 heavy (non-hydrogen) atoms. The third kappa shape index (κ3) is 6.44. The van der Waals surface area contributed by atoms with Crippen molar-refractivity contribution in [3.63, 3.8) is 0 Å². The van der Waals surface area contributed by atoms with Gasteiger partial charge in [-0.25, -0.2) is 4.79 Å². The second-order valence-corrected chi connectivity index (χ2v) is 7.28. The van der Waals surface area contributed by atoms with Crippen LogP contribution in [0.1, 0.15) is 11.6 Å². The van der Waals surface area contributed by atoms with E-state index in [4.69, 9.17) is 9.47 Å². The number of rotatable bonds is 8. The van der Waals surface area contributed by atoms with Crippen molar-refractivity contribution in [1.29, 1.82) is 0 Å². The highest BCUT2D eigenvalue weighted by Crippen LogP contribution is 2.23. The first-order valence-corrected chi connectivity index (χ1v) is 10.4. The Kier molecular flexibility index (Phi) is 8.26. The lowest BCUT2D eigenvalue weighted by Gasteiger charge is -2.38. The lowest BCUT2D eigenvalue weighted by Crippen LogP contribution is -2.52. The van der Waals surface area contributed by atoms with E-state index in [1.165, 1.54) is 7.05 Å². The number of methoxy groups -OCH3 is 1. The number of carbonyl (C=O) groups excluding carboxylic acids is 2. The monoisotopic (exact) mass is 426 g/mol. The number of hydrogen-bond donors (Lipinski definition) is 2. The zero-order valence-corrected chi connectivity index (χ0v) is 18.0. The number of nitrogens with one attached hydrogen (secondary N) is 2. The third-order valence-corrected chi connectivity index (χ3v) is 5.34. The molecule has 0 radical (unpaired) electrons. The smallest absolute Gasteiger partial charge is 0.321 e. The molecule has 2 aromatic rings. The number of carbonyl (C=O) groups is 2. The van der Waals surface area contributed by atoms with E-state index in [2.05, 4.69) is 20.4 Å². The summed E-state index contributed by atoms with van der Waals surface area (Å²) in [7, 11) is 3.13. The average Bonchev–Trinajstić information content (AvgIpc) is 2.81. The van der Waals surface area contributed by atoms with Gasteiger partial charge in [-0.2, -0.15) is 0 Å². The standard InChI is InChI=1S/C23H30N4O4/c1-24-23(29)25-22(28)21(18-6-4-3-5-7-18)27-14-12-26(13-15-27)16-17-31-20-10-8-19(30-2)9-11-20/h3-11,21H,12-17H2,1-2H3,(H2,24,25,28,29)/t21-/m1/s1. The Morgan fingerprint density at radius 1 is 0.968 bits per heavy atom. The zero-order chi connectivity index (χ0) is 22.1. The fourth-order valence-electron chi connectivity index (χ4n) is 3.62. The Morgan fingerprint density at radius 2 is 1.61 bits per heavy atom. The number of imide groups is 1. The van der Waals surface area contributed by atoms with Crippen molar-refractivity contribution >= 4 is 11.9 Å². The molecule has 0 aromatic heterocycles. The summed E-state index contributed by atoms with van der Waals surface area (Å²) in [4.78, 5) is 28.9. The van der Waals surface area contributed by atoms with Crippen LogP contribution in [0.4, 0.5) is 4.79 Å². The van der Waals surface area contributed by atoms with Gasteiger partial charge in [0.1, 0.15) is 24.1 Å². The summed E-state index contributed by atoms with van der Waals surface area (Å²) >= 11 is 0. The van der Waals surface area contributed by atoms with Gasteiger partial charge in [-0.15, -0.1) is 0 Å². The minimum absolute atomic E-state index is 0.318. The van der Waals surface area contributed by atoms with Gasteiger partial charge in [-0.1, -0.05) is 30.3 Å². The summed E-state index contributed by atoms with van der Waals surface area (Å²) in [6, 6.07) is 16.1. The van der Waals surface area contributed by atoms with Crippen molar-refractivity contribution in [2.75, 3.05) is 53.5 Å². The number of amides is 3. The van der Waals surface area contributed by atoms with Gasteiger partial charge in [0.25, 0.3) is 0 Å². The van der Waals surface area contributed by atoms with Gasteiger partial charge in [0.05, 0.1) is 7.11 Å². The van der Waals surface area contributed by atoms with Gasteiger partial charge in [0.2, 0.25) is 5.91 Å². The van der Waals surface area contributed by atoms with Crippen molar-refractivity contribution in [1.82, 2.24) is 20.4 Å². The SMILES string of the molecule is CNC(=O)NC(=O)[C@@H](c1ccccc1)N1CCN(CCOc2ccc(OC)cc2)CC1. The number of piperazine rings is 1. The zero-order valence-electron chi connectivity index (χ0n) is 18.0. The van der Waals surface area contributed by atoms with Crippen molar-refractivity contribution in [3.05, 3.63) is 60.2 Å². The highest BCUT2D eigenvalue weighted by atomic mass is 16.5. The maximum atomic E-state index is 12.8. The molecule has 1 aliphatic heterocycles. The molecule has 8 heteroatoms. The molecule has 2 aromatic carbocycles. The molecule has 1 fully saturated rings. The number of hydrogen-bond acceptors (Lipinski definition) is 6. The van der Waals surface area contributed by atoms with Gasteiger partial charge >= 0.3 is 6.03 Å². The summed E-state index contributed by atoms with van der Waals surface area (Å²) in [6.45, 7) is 4.49. The first kappa shape index (κ1) is 22.6. The second kappa shape index (κ2) is 11.3. The summed E-state index contributed by atoms with van der Waals surface area (Å²) in [6.07, 6.45) is 0. The van der Waals surface area contributed by atoms with Crippen LogP contribution in [0.3, 0.4) is 0 Å². The van der Waals surface area contributed by atoms with Gasteiger partial charge in [-0.05, 0) is 29.8 Å². The molecule has 0 saturated carbocycles. The van der Waals surface area contributed by atoms with Crippen LogP contribution < -0.4 is 20.1 Å². The molecular formula is C23H30N4O4. The first-order valence-electron chi connectivity index (χ1n) is 10.4. The van der Waals surface area contributed by atoms with E-state index < -0.39 is 12.1 Å². The van der Waals surface area contributed by atoms with E-state index >= 15 is 0 Å². The fourth-order valence-corrected chi connectivity index (χ4v) is 3.62. The minimum atomic E-state index is -0.504. The topological polar surface area (TPSA) is 83.1 Å². The van der Waals surface area contributed by atoms with Crippen molar-refractivity contribution in [2.45, 2.75) is 6.04 Å². The molecule has 3 rings (SSSR count). The Morgan fingerprint density at radius 3 is 2.23 bits per heavy atom. The Hall–Kier alpha value is -3.10. The van der Waals surface area contributed by atoms with E-state index in [0.717, 1.165) is 49.8 Å².